The first-order valence-corrected chi connectivity index (χ1v) is 24.9. The summed E-state index contributed by atoms with van der Waals surface area (Å²) in [6.45, 7) is 3.82. The van der Waals surface area contributed by atoms with Crippen LogP contribution in [0.2, 0.25) is 0 Å². The van der Waals surface area contributed by atoms with Crippen molar-refractivity contribution < 1.29 is 53.8 Å². The molecule has 0 spiro atoms. The number of aliphatic hydroxyl groups excluding tert-OH is 3. The molecule has 6 atom stereocenters. The van der Waals surface area contributed by atoms with Gasteiger partial charge in [0.05, 0.1) is 6.61 Å². The van der Waals surface area contributed by atoms with Crippen molar-refractivity contribution in [2.75, 3.05) is 13.2 Å². The Balaban J connectivity index is 2.32. The molecule has 0 aromatic carbocycles. The van der Waals surface area contributed by atoms with Gasteiger partial charge in [-0.3, -0.25) is 9.59 Å². The average Bonchev–Trinajstić information content (AvgIpc) is 3.24. The normalized spacial score (nSPS) is 19.8. The Kier molecular flexibility index (Phi) is 37.6. The number of esters is 2. The largest absolute Gasteiger partial charge is 0.479 e. The number of aliphatic carboxylic acids is 1. The third kappa shape index (κ3) is 32.1. The minimum atomic E-state index is -1.86. The number of rotatable bonds is 42. The Labute approximate surface area is 370 Å². The molecule has 6 unspecified atom stereocenters. The molecule has 0 bridgehead atoms. The summed E-state index contributed by atoms with van der Waals surface area (Å²) in [5.41, 5.74) is 0. The van der Waals surface area contributed by atoms with Gasteiger partial charge in [0.25, 0.3) is 0 Å². The number of ether oxygens (including phenoxy) is 4. The molecule has 1 fully saturated rings. The van der Waals surface area contributed by atoms with Crippen molar-refractivity contribution >= 4 is 17.9 Å². The maximum atomic E-state index is 12.8. The van der Waals surface area contributed by atoms with E-state index in [1.807, 2.05) is 0 Å². The number of aliphatic hydroxyl groups is 3. The quantitative estimate of drug-likeness (QED) is 0.0262. The van der Waals surface area contributed by atoms with E-state index >= 15 is 0 Å². The van der Waals surface area contributed by atoms with E-state index < -0.39 is 54.7 Å². The lowest BCUT2D eigenvalue weighted by Crippen LogP contribution is -2.60. The molecule has 0 aliphatic carbocycles. The fourth-order valence-electron chi connectivity index (χ4n) is 7.62. The van der Waals surface area contributed by atoms with Gasteiger partial charge in [-0.1, -0.05) is 192 Å². The lowest BCUT2D eigenvalue weighted by atomic mass is 9.99. The van der Waals surface area contributed by atoms with Crippen LogP contribution in [0.4, 0.5) is 0 Å². The molecule has 61 heavy (non-hydrogen) atoms. The van der Waals surface area contributed by atoms with Crippen LogP contribution in [0.15, 0.2) is 24.3 Å². The Morgan fingerprint density at radius 1 is 0.508 bits per heavy atom. The van der Waals surface area contributed by atoms with E-state index in [1.165, 1.54) is 135 Å². The fraction of sp³-hybridized carbons (Fsp3) is 0.860. The highest BCUT2D eigenvalue weighted by molar-refractivity contribution is 5.73. The number of allylic oxidation sites excluding steroid dienone is 4. The summed E-state index contributed by atoms with van der Waals surface area (Å²) in [6.07, 6.45) is 36.5. The highest BCUT2D eigenvalue weighted by Gasteiger charge is 2.47. The Hall–Kier alpha value is -2.31. The van der Waals surface area contributed by atoms with Crippen molar-refractivity contribution in [3.63, 3.8) is 0 Å². The van der Waals surface area contributed by atoms with Gasteiger partial charge >= 0.3 is 17.9 Å². The zero-order valence-corrected chi connectivity index (χ0v) is 38.7. The van der Waals surface area contributed by atoms with E-state index in [-0.39, 0.29) is 26.1 Å². The third-order valence-electron chi connectivity index (χ3n) is 11.6. The summed E-state index contributed by atoms with van der Waals surface area (Å²) in [7, 11) is 0. The third-order valence-corrected chi connectivity index (χ3v) is 11.6. The van der Waals surface area contributed by atoms with Crippen molar-refractivity contribution in [3.8, 4) is 0 Å². The van der Waals surface area contributed by atoms with Crippen LogP contribution in [-0.4, -0.2) is 88.4 Å². The topological polar surface area (TPSA) is 169 Å². The van der Waals surface area contributed by atoms with Crippen LogP contribution in [0.25, 0.3) is 0 Å². The van der Waals surface area contributed by atoms with E-state index in [0.717, 1.165) is 51.4 Å². The summed E-state index contributed by atoms with van der Waals surface area (Å²) < 4.78 is 21.8. The maximum Gasteiger partial charge on any atom is 0.335 e. The first kappa shape index (κ1) is 56.7. The standard InChI is InChI=1S/C50H90O11/c1-3-5-7-9-11-13-15-17-19-21-23-24-26-28-30-32-34-36-38-43(51)58-40-42(41-59-50-47(55)45(53)46(54)48(61-50)49(56)57)60-44(52)39-37-35-33-31-29-27-25-22-20-18-16-14-12-10-8-6-4-2/h13,15,19,21,42,45-48,50,53-55H,3-12,14,16-18,20,22-41H2,1-2H3,(H,56,57)/b15-13-,21-19-. The van der Waals surface area contributed by atoms with E-state index in [2.05, 4.69) is 38.2 Å². The zero-order chi connectivity index (χ0) is 44.6. The molecule has 0 amide bonds. The van der Waals surface area contributed by atoms with Crippen LogP contribution in [-0.2, 0) is 33.3 Å². The number of hydrogen-bond donors (Lipinski definition) is 4. The van der Waals surface area contributed by atoms with E-state index in [1.54, 1.807) is 0 Å². The van der Waals surface area contributed by atoms with E-state index in [0.29, 0.717) is 12.8 Å². The Morgan fingerprint density at radius 2 is 0.918 bits per heavy atom. The molecule has 0 aromatic heterocycles. The number of carbonyl (C=O) groups excluding carboxylic acids is 2. The Bertz CT molecular complexity index is 1110. The SMILES string of the molecule is CCCCCC/C=C\C/C=C\CCCCCCCCCC(=O)OCC(COC1OC(C(=O)O)C(O)C(O)C1O)OC(=O)CCCCCCCCCCCCCCCCCCC. The molecular formula is C50H90O11. The predicted molar refractivity (Wildman–Crippen MR) is 243 cm³/mol. The number of unbranched alkanes of at least 4 members (excludes halogenated alkanes) is 27. The Morgan fingerprint density at radius 3 is 1.38 bits per heavy atom. The summed E-state index contributed by atoms with van der Waals surface area (Å²) >= 11 is 0. The van der Waals surface area contributed by atoms with Gasteiger partial charge in [-0.2, -0.15) is 0 Å². The van der Waals surface area contributed by atoms with Gasteiger partial charge in [-0.05, 0) is 44.9 Å². The average molecular weight is 867 g/mol. The first-order valence-electron chi connectivity index (χ1n) is 24.9. The van der Waals surface area contributed by atoms with Gasteiger partial charge in [-0.15, -0.1) is 0 Å². The summed E-state index contributed by atoms with van der Waals surface area (Å²) in [5, 5.41) is 39.9. The monoisotopic (exact) mass is 867 g/mol. The molecule has 11 heteroatoms. The molecule has 1 saturated heterocycles. The molecule has 4 N–H and O–H groups in total. The van der Waals surface area contributed by atoms with Crippen LogP contribution in [0.3, 0.4) is 0 Å². The van der Waals surface area contributed by atoms with Gasteiger partial charge in [0.1, 0.15) is 24.9 Å². The van der Waals surface area contributed by atoms with Crippen LogP contribution in [0.1, 0.15) is 226 Å². The number of hydrogen-bond acceptors (Lipinski definition) is 10. The van der Waals surface area contributed by atoms with E-state index in [9.17, 15) is 34.8 Å². The molecule has 1 rings (SSSR count). The molecule has 11 nitrogen and oxygen atoms in total. The number of carbonyl (C=O) groups is 3. The van der Waals surface area contributed by atoms with Crippen molar-refractivity contribution in [2.45, 2.75) is 263 Å². The molecule has 1 aliphatic heterocycles. The molecule has 0 saturated carbocycles. The molecule has 0 aromatic rings. The second-order valence-corrected chi connectivity index (χ2v) is 17.3. The fourth-order valence-corrected chi connectivity index (χ4v) is 7.62. The highest BCUT2D eigenvalue weighted by Crippen LogP contribution is 2.23. The smallest absolute Gasteiger partial charge is 0.335 e. The second-order valence-electron chi connectivity index (χ2n) is 17.3. The van der Waals surface area contributed by atoms with E-state index in [4.69, 9.17) is 18.9 Å². The second kappa shape index (κ2) is 40.5. The van der Waals surface area contributed by atoms with Gasteiger partial charge in [0.15, 0.2) is 18.5 Å². The maximum absolute atomic E-state index is 12.8. The zero-order valence-electron chi connectivity index (χ0n) is 38.7. The summed E-state index contributed by atoms with van der Waals surface area (Å²) in [6, 6.07) is 0. The first-order chi connectivity index (χ1) is 29.7. The lowest BCUT2D eigenvalue weighted by molar-refractivity contribution is -0.298. The van der Waals surface area contributed by atoms with Crippen molar-refractivity contribution in [3.05, 3.63) is 24.3 Å². The molecule has 356 valence electrons. The van der Waals surface area contributed by atoms with Crippen LogP contribution < -0.4 is 0 Å². The van der Waals surface area contributed by atoms with Gasteiger partial charge in [0, 0.05) is 12.8 Å². The molecular weight excluding hydrogens is 777 g/mol. The van der Waals surface area contributed by atoms with Crippen LogP contribution in [0, 0.1) is 0 Å². The summed E-state index contributed by atoms with van der Waals surface area (Å²) in [4.78, 5) is 36.9. The number of carboxylic acid groups (broad SMARTS) is 1. The van der Waals surface area contributed by atoms with Crippen LogP contribution in [0.5, 0.6) is 0 Å². The summed E-state index contributed by atoms with van der Waals surface area (Å²) in [5.74, 6) is -2.44. The molecule has 1 aliphatic rings. The van der Waals surface area contributed by atoms with Crippen molar-refractivity contribution in [2.24, 2.45) is 0 Å². The van der Waals surface area contributed by atoms with Gasteiger partial charge < -0.3 is 39.4 Å². The van der Waals surface area contributed by atoms with Gasteiger partial charge in [-0.25, -0.2) is 4.79 Å². The lowest BCUT2D eigenvalue weighted by Gasteiger charge is -2.38. The molecule has 1 heterocycles. The van der Waals surface area contributed by atoms with Crippen LogP contribution >= 0.6 is 0 Å². The van der Waals surface area contributed by atoms with Crippen molar-refractivity contribution in [1.82, 2.24) is 0 Å². The van der Waals surface area contributed by atoms with Gasteiger partial charge in [0.2, 0.25) is 0 Å². The minimum absolute atomic E-state index is 0.186. The number of carboxylic acids is 1. The minimum Gasteiger partial charge on any atom is -0.479 e. The predicted octanol–water partition coefficient (Wildman–Crippen LogP) is 11.4. The molecule has 0 radical (unpaired) electrons. The highest BCUT2D eigenvalue weighted by atomic mass is 16.7. The van der Waals surface area contributed by atoms with Crippen molar-refractivity contribution in [1.29, 1.82) is 0 Å².